The number of hydrogen-bond acceptors (Lipinski definition) is 3. The number of unbranched alkanes of at least 4 members (excludes halogenated alkanes) is 10. The van der Waals surface area contributed by atoms with Crippen LogP contribution >= 0.6 is 23.2 Å². The van der Waals surface area contributed by atoms with E-state index in [9.17, 15) is 8.42 Å². The first-order valence-corrected chi connectivity index (χ1v) is 13.3. The fourth-order valence-corrected chi connectivity index (χ4v) is 5.65. The van der Waals surface area contributed by atoms with Crippen molar-refractivity contribution in [3.63, 3.8) is 0 Å². The molecular formula is C22H38Cl2N2O2S. The Hall–Kier alpha value is -0.490. The molecule has 0 amide bonds. The van der Waals surface area contributed by atoms with Gasteiger partial charge in [-0.1, -0.05) is 101 Å². The summed E-state index contributed by atoms with van der Waals surface area (Å²) in [4.78, 5) is 0.0512. The van der Waals surface area contributed by atoms with Crippen LogP contribution in [0.15, 0.2) is 17.0 Å². The second-order valence-electron chi connectivity index (χ2n) is 7.74. The van der Waals surface area contributed by atoms with Crippen LogP contribution < -0.4 is 5.73 Å². The summed E-state index contributed by atoms with van der Waals surface area (Å²) >= 11 is 12.3. The van der Waals surface area contributed by atoms with Gasteiger partial charge in [0.25, 0.3) is 0 Å². The smallest absolute Gasteiger partial charge is 0.244 e. The summed E-state index contributed by atoms with van der Waals surface area (Å²) in [6, 6.07) is 2.80. The lowest BCUT2D eigenvalue weighted by Gasteiger charge is -2.23. The number of halogens is 2. The quantitative estimate of drug-likeness (QED) is 0.206. The lowest BCUT2D eigenvalue weighted by atomic mass is 10.1. The van der Waals surface area contributed by atoms with Crippen LogP contribution in [0, 0.1) is 0 Å². The van der Waals surface area contributed by atoms with Gasteiger partial charge in [-0.2, -0.15) is 4.31 Å². The van der Waals surface area contributed by atoms with Crippen LogP contribution in [0.1, 0.15) is 90.9 Å². The highest BCUT2D eigenvalue weighted by molar-refractivity contribution is 7.89. The first-order chi connectivity index (χ1) is 13.8. The van der Waals surface area contributed by atoms with Gasteiger partial charge in [0.1, 0.15) is 4.90 Å². The van der Waals surface area contributed by atoms with Crippen molar-refractivity contribution in [1.82, 2.24) is 4.31 Å². The number of benzene rings is 1. The van der Waals surface area contributed by atoms with Crippen molar-refractivity contribution in [3.05, 3.63) is 22.2 Å². The van der Waals surface area contributed by atoms with E-state index in [0.29, 0.717) is 13.1 Å². The molecule has 0 saturated carbocycles. The zero-order valence-corrected chi connectivity index (χ0v) is 20.4. The Bertz CT molecular complexity index is 680. The van der Waals surface area contributed by atoms with E-state index in [4.69, 9.17) is 28.9 Å². The molecule has 168 valence electrons. The van der Waals surface area contributed by atoms with Crippen molar-refractivity contribution in [2.45, 2.75) is 95.8 Å². The average molecular weight is 466 g/mol. The second-order valence-corrected chi connectivity index (χ2v) is 10.5. The fourth-order valence-electron chi connectivity index (χ4n) is 3.37. The third kappa shape index (κ3) is 9.46. The summed E-state index contributed by atoms with van der Waals surface area (Å²) in [6.45, 7) is 5.41. The molecule has 0 aliphatic carbocycles. The molecule has 2 N–H and O–H groups in total. The van der Waals surface area contributed by atoms with Crippen molar-refractivity contribution in [2.75, 3.05) is 18.8 Å². The van der Waals surface area contributed by atoms with Gasteiger partial charge in [0.05, 0.1) is 15.7 Å². The minimum absolute atomic E-state index is 0.0512. The van der Waals surface area contributed by atoms with Crippen LogP contribution in [0.25, 0.3) is 0 Å². The second kappa shape index (κ2) is 14.5. The van der Waals surface area contributed by atoms with Crippen LogP contribution in [-0.2, 0) is 10.0 Å². The monoisotopic (exact) mass is 464 g/mol. The van der Waals surface area contributed by atoms with Crippen molar-refractivity contribution in [1.29, 1.82) is 0 Å². The highest BCUT2D eigenvalue weighted by Gasteiger charge is 2.27. The van der Waals surface area contributed by atoms with Crippen LogP contribution in [0.5, 0.6) is 0 Å². The largest absolute Gasteiger partial charge is 0.397 e. The summed E-state index contributed by atoms with van der Waals surface area (Å²) in [5.74, 6) is 0. The minimum atomic E-state index is -3.70. The number of sulfonamides is 1. The van der Waals surface area contributed by atoms with Gasteiger partial charge in [-0.25, -0.2) is 8.42 Å². The molecule has 1 rings (SSSR count). The predicted octanol–water partition coefficient (Wildman–Crippen LogP) is 7.29. The van der Waals surface area contributed by atoms with Crippen LogP contribution in [0.3, 0.4) is 0 Å². The van der Waals surface area contributed by atoms with E-state index in [2.05, 4.69) is 13.8 Å². The molecular weight excluding hydrogens is 427 g/mol. The molecule has 0 unspecified atom stereocenters. The molecule has 7 heteroatoms. The van der Waals surface area contributed by atoms with Gasteiger partial charge in [-0.15, -0.1) is 0 Å². The third-order valence-corrected chi connectivity index (χ3v) is 7.88. The fraction of sp³-hybridized carbons (Fsp3) is 0.727. The highest BCUT2D eigenvalue weighted by atomic mass is 35.5. The Morgan fingerprint density at radius 2 is 1.21 bits per heavy atom. The molecule has 4 nitrogen and oxygen atoms in total. The molecule has 0 heterocycles. The predicted molar refractivity (Wildman–Crippen MR) is 126 cm³/mol. The van der Waals surface area contributed by atoms with Crippen molar-refractivity contribution >= 4 is 38.9 Å². The van der Waals surface area contributed by atoms with E-state index in [1.165, 1.54) is 50.7 Å². The van der Waals surface area contributed by atoms with E-state index >= 15 is 0 Å². The summed E-state index contributed by atoms with van der Waals surface area (Å²) in [5.41, 5.74) is 6.05. The van der Waals surface area contributed by atoms with E-state index in [0.717, 1.165) is 38.5 Å². The molecule has 0 bridgehead atoms. The Morgan fingerprint density at radius 3 is 1.69 bits per heavy atom. The molecule has 0 aromatic heterocycles. The minimum Gasteiger partial charge on any atom is -0.397 e. The first kappa shape index (κ1) is 26.5. The van der Waals surface area contributed by atoms with Crippen molar-refractivity contribution in [3.8, 4) is 0 Å². The number of rotatable bonds is 16. The number of hydrogen-bond donors (Lipinski definition) is 1. The Morgan fingerprint density at radius 1 is 0.759 bits per heavy atom. The van der Waals surface area contributed by atoms with Crippen molar-refractivity contribution in [2.24, 2.45) is 0 Å². The standard InChI is InChI=1S/C22H38Cl2N2O2S/c1-3-5-7-9-11-13-15-26(16-14-12-10-8-6-4-2)29(27,28)22-18-19(23)21(25)17-20(22)24/h17-18H,3-16,25H2,1-2H3. The van der Waals surface area contributed by atoms with Gasteiger partial charge in [0.15, 0.2) is 0 Å². The van der Waals surface area contributed by atoms with Gasteiger partial charge >= 0.3 is 0 Å². The maximum Gasteiger partial charge on any atom is 0.244 e. The maximum atomic E-state index is 13.3. The van der Waals surface area contributed by atoms with Crippen molar-refractivity contribution < 1.29 is 8.42 Å². The third-order valence-electron chi connectivity index (χ3n) is 5.19. The van der Waals surface area contributed by atoms with E-state index in [-0.39, 0.29) is 20.6 Å². The molecule has 29 heavy (non-hydrogen) atoms. The highest BCUT2D eigenvalue weighted by Crippen LogP contribution is 2.32. The van der Waals surface area contributed by atoms with Crippen LogP contribution in [0.4, 0.5) is 5.69 Å². The van der Waals surface area contributed by atoms with Gasteiger partial charge in [-0.3, -0.25) is 0 Å². The molecule has 0 aliphatic rings. The van der Waals surface area contributed by atoms with Crippen LogP contribution in [0.2, 0.25) is 10.0 Å². The molecule has 0 fully saturated rings. The molecule has 0 saturated heterocycles. The number of nitrogen functional groups attached to an aromatic ring is 1. The lowest BCUT2D eigenvalue weighted by Crippen LogP contribution is -2.33. The first-order valence-electron chi connectivity index (χ1n) is 11.1. The number of anilines is 1. The SMILES string of the molecule is CCCCCCCCN(CCCCCCCC)S(=O)(=O)c1cc(Cl)c(N)cc1Cl. The molecule has 0 spiro atoms. The zero-order valence-electron chi connectivity index (χ0n) is 18.1. The summed E-state index contributed by atoms with van der Waals surface area (Å²) < 4.78 is 28.2. The molecule has 0 atom stereocenters. The van der Waals surface area contributed by atoms with Crippen LogP contribution in [-0.4, -0.2) is 25.8 Å². The normalized spacial score (nSPS) is 12.0. The van der Waals surface area contributed by atoms with E-state index in [1.807, 2.05) is 0 Å². The lowest BCUT2D eigenvalue weighted by molar-refractivity contribution is 0.383. The Kier molecular flexibility index (Phi) is 13.3. The van der Waals surface area contributed by atoms with Gasteiger partial charge in [0.2, 0.25) is 10.0 Å². The molecule has 0 aliphatic heterocycles. The molecule has 1 aromatic rings. The molecule has 1 aromatic carbocycles. The van der Waals surface area contributed by atoms with E-state index in [1.54, 1.807) is 4.31 Å². The number of nitrogens with two attached hydrogens (primary N) is 1. The number of nitrogens with zero attached hydrogens (tertiary/aromatic N) is 1. The van der Waals surface area contributed by atoms with Gasteiger partial charge in [-0.05, 0) is 25.0 Å². The Balaban J connectivity index is 2.80. The van der Waals surface area contributed by atoms with Gasteiger partial charge in [0, 0.05) is 13.1 Å². The van der Waals surface area contributed by atoms with Gasteiger partial charge < -0.3 is 5.73 Å². The molecule has 0 radical (unpaired) electrons. The zero-order chi connectivity index (χ0) is 21.7. The maximum absolute atomic E-state index is 13.3. The van der Waals surface area contributed by atoms with E-state index < -0.39 is 10.0 Å². The summed E-state index contributed by atoms with van der Waals surface area (Å²) in [5, 5.41) is 0.342. The Labute approximate surface area is 188 Å². The summed E-state index contributed by atoms with van der Waals surface area (Å²) in [6.07, 6.45) is 13.4. The summed E-state index contributed by atoms with van der Waals surface area (Å²) in [7, 11) is -3.70. The topological polar surface area (TPSA) is 63.4 Å². The average Bonchev–Trinajstić information content (AvgIpc) is 2.68.